The van der Waals surface area contributed by atoms with Gasteiger partial charge in [0.15, 0.2) is 0 Å². The summed E-state index contributed by atoms with van der Waals surface area (Å²) in [5, 5.41) is 7.80. The zero-order chi connectivity index (χ0) is 24.6. The van der Waals surface area contributed by atoms with Crippen LogP contribution in [0.25, 0.3) is 0 Å². The number of allylic oxidation sites excluding steroid dienone is 4. The van der Waals surface area contributed by atoms with Gasteiger partial charge in [0.2, 0.25) is 0 Å². The summed E-state index contributed by atoms with van der Waals surface area (Å²) in [6.45, 7) is 5.03. The second kappa shape index (κ2) is 12.3. The maximum Gasteiger partial charge on any atom is 0.255 e. The number of benzene rings is 1. The lowest BCUT2D eigenvalue weighted by Crippen LogP contribution is -2.38. The van der Waals surface area contributed by atoms with Crippen LogP contribution in [0.4, 0.5) is 5.69 Å². The molecule has 1 aromatic carbocycles. The second-order valence-electron chi connectivity index (χ2n) is 9.16. The second-order valence-corrected chi connectivity index (χ2v) is 10.0. The number of rotatable bonds is 7. The van der Waals surface area contributed by atoms with Crippen molar-refractivity contribution in [3.8, 4) is 0 Å². The van der Waals surface area contributed by atoms with Crippen LogP contribution >= 0.6 is 23.2 Å². The van der Waals surface area contributed by atoms with Crippen LogP contribution in [-0.4, -0.2) is 35.4 Å². The van der Waals surface area contributed by atoms with Gasteiger partial charge in [-0.05, 0) is 86.9 Å². The third-order valence-corrected chi connectivity index (χ3v) is 7.13. The zero-order valence-electron chi connectivity index (χ0n) is 20.1. The number of hydrogen-bond donors (Lipinski definition) is 2. The van der Waals surface area contributed by atoms with Gasteiger partial charge in [-0.25, -0.2) is 0 Å². The molecule has 0 bridgehead atoms. The zero-order valence-corrected chi connectivity index (χ0v) is 21.6. The number of nitrogens with zero attached hydrogens (tertiary/aromatic N) is 2. The lowest BCUT2D eigenvalue weighted by molar-refractivity contribution is 0.0964. The quantitative estimate of drug-likeness (QED) is 0.432. The first-order chi connectivity index (χ1) is 17.0. The molecule has 0 saturated carbocycles. The lowest BCUT2D eigenvalue weighted by atomic mass is 9.92. The van der Waals surface area contributed by atoms with Crippen LogP contribution in [-0.2, 0) is 0 Å². The number of pyridine rings is 1. The number of halogens is 2. The Labute approximate surface area is 217 Å². The van der Waals surface area contributed by atoms with E-state index in [0.717, 1.165) is 68.8 Å². The first-order valence-corrected chi connectivity index (χ1v) is 13.0. The Morgan fingerprint density at radius 2 is 1.91 bits per heavy atom. The number of anilines is 1. The predicted octanol–water partition coefficient (Wildman–Crippen LogP) is 6.75. The van der Waals surface area contributed by atoms with E-state index in [1.807, 2.05) is 36.7 Å². The van der Waals surface area contributed by atoms with E-state index >= 15 is 0 Å². The molecule has 1 fully saturated rings. The van der Waals surface area contributed by atoms with Crippen molar-refractivity contribution in [2.75, 3.05) is 25.0 Å². The van der Waals surface area contributed by atoms with E-state index in [1.54, 1.807) is 24.3 Å². The van der Waals surface area contributed by atoms with Crippen LogP contribution in [0.15, 0.2) is 82.9 Å². The minimum Gasteiger partial charge on any atom is -0.385 e. The molecule has 0 atom stereocenters. The van der Waals surface area contributed by atoms with E-state index in [4.69, 9.17) is 23.2 Å². The molecule has 1 aliphatic carbocycles. The summed E-state index contributed by atoms with van der Waals surface area (Å²) >= 11 is 12.6. The van der Waals surface area contributed by atoms with Crippen molar-refractivity contribution in [3.05, 3.63) is 93.5 Å². The van der Waals surface area contributed by atoms with E-state index in [1.165, 1.54) is 5.57 Å². The summed E-state index contributed by atoms with van der Waals surface area (Å²) in [5.74, 6) is 0.484. The highest BCUT2D eigenvalue weighted by Crippen LogP contribution is 2.31. The lowest BCUT2D eigenvalue weighted by Gasteiger charge is -2.37. The standard InChI is InChI=1S/C28H32Cl2N4O/c1-20-4-2-6-24(30)19-26(33-28(35)22-5-3-7-23(29)18-22)27(20)34-16-11-21(12-17-34)8-15-32-25-9-13-31-14-10-25/h3,5-7,9-10,13-14,18-19,21H,2,4,8,11-12,15-17H2,1H3,(H,31,32)(H,33,35). The molecular weight excluding hydrogens is 479 g/mol. The van der Waals surface area contributed by atoms with Gasteiger partial charge in [0, 0.05) is 53.3 Å². The van der Waals surface area contributed by atoms with Crippen molar-refractivity contribution in [3.63, 3.8) is 0 Å². The Kier molecular flexibility index (Phi) is 8.89. The summed E-state index contributed by atoms with van der Waals surface area (Å²) in [5.41, 5.74) is 4.76. The molecule has 0 spiro atoms. The van der Waals surface area contributed by atoms with Crippen molar-refractivity contribution in [2.24, 2.45) is 5.92 Å². The van der Waals surface area contributed by atoms with Gasteiger partial charge in [0.25, 0.3) is 5.91 Å². The minimum absolute atomic E-state index is 0.189. The van der Waals surface area contributed by atoms with Crippen molar-refractivity contribution < 1.29 is 4.79 Å². The number of likely N-dealkylation sites (tertiary alicyclic amines) is 1. The van der Waals surface area contributed by atoms with Gasteiger partial charge >= 0.3 is 0 Å². The molecule has 1 saturated heterocycles. The number of carbonyl (C=O) groups excluding carboxylic acids is 1. The van der Waals surface area contributed by atoms with Crippen LogP contribution < -0.4 is 10.6 Å². The van der Waals surface area contributed by atoms with Crippen molar-refractivity contribution in [1.82, 2.24) is 15.2 Å². The van der Waals surface area contributed by atoms with Crippen LogP contribution in [0.1, 0.15) is 49.4 Å². The molecule has 5 nitrogen and oxygen atoms in total. The first-order valence-electron chi connectivity index (χ1n) is 12.2. The predicted molar refractivity (Wildman–Crippen MR) is 145 cm³/mol. The highest BCUT2D eigenvalue weighted by molar-refractivity contribution is 6.31. The molecule has 0 unspecified atom stereocenters. The highest BCUT2D eigenvalue weighted by Gasteiger charge is 2.25. The van der Waals surface area contributed by atoms with E-state index in [9.17, 15) is 4.79 Å². The number of hydrogen-bond acceptors (Lipinski definition) is 4. The topological polar surface area (TPSA) is 57.3 Å². The summed E-state index contributed by atoms with van der Waals surface area (Å²) in [7, 11) is 0. The molecule has 1 aliphatic heterocycles. The van der Waals surface area contributed by atoms with Crippen molar-refractivity contribution >= 4 is 34.8 Å². The van der Waals surface area contributed by atoms with Crippen LogP contribution in [0.2, 0.25) is 5.02 Å². The monoisotopic (exact) mass is 510 g/mol. The average Bonchev–Trinajstić information content (AvgIpc) is 2.85. The Morgan fingerprint density at radius 3 is 2.66 bits per heavy atom. The maximum absolute atomic E-state index is 13.1. The molecule has 2 heterocycles. The number of piperidine rings is 1. The molecule has 2 N–H and O–H groups in total. The summed E-state index contributed by atoms with van der Waals surface area (Å²) < 4.78 is 0. The average molecular weight is 511 g/mol. The molecule has 184 valence electrons. The summed E-state index contributed by atoms with van der Waals surface area (Å²) in [6, 6.07) is 11.0. The van der Waals surface area contributed by atoms with Gasteiger partial charge < -0.3 is 15.5 Å². The van der Waals surface area contributed by atoms with E-state index < -0.39 is 0 Å². The largest absolute Gasteiger partial charge is 0.385 e. The fraction of sp³-hybridized carbons (Fsp3) is 0.357. The molecule has 7 heteroatoms. The number of carbonyl (C=O) groups is 1. The van der Waals surface area contributed by atoms with Crippen LogP contribution in [0, 0.1) is 5.92 Å². The molecule has 4 rings (SSSR count). The Hall–Kier alpha value is -2.76. The van der Waals surface area contributed by atoms with Crippen molar-refractivity contribution in [1.29, 1.82) is 0 Å². The van der Waals surface area contributed by atoms with Crippen LogP contribution in [0.3, 0.4) is 0 Å². The number of amides is 1. The Bertz CT molecular complexity index is 1120. The minimum atomic E-state index is -0.189. The fourth-order valence-electron chi connectivity index (χ4n) is 4.74. The third kappa shape index (κ3) is 7.12. The maximum atomic E-state index is 13.1. The molecule has 1 amide bonds. The van der Waals surface area contributed by atoms with Gasteiger partial charge in [-0.1, -0.05) is 35.3 Å². The number of aromatic nitrogens is 1. The molecule has 1 aromatic heterocycles. The fourth-order valence-corrected chi connectivity index (χ4v) is 5.14. The molecule has 2 aromatic rings. The van der Waals surface area contributed by atoms with E-state index in [-0.39, 0.29) is 5.91 Å². The van der Waals surface area contributed by atoms with Crippen molar-refractivity contribution in [2.45, 2.75) is 39.0 Å². The van der Waals surface area contributed by atoms with E-state index in [2.05, 4.69) is 27.4 Å². The van der Waals surface area contributed by atoms with Gasteiger partial charge in [0.05, 0.1) is 11.4 Å². The highest BCUT2D eigenvalue weighted by atomic mass is 35.5. The van der Waals surface area contributed by atoms with Gasteiger partial charge in [-0.3, -0.25) is 9.78 Å². The van der Waals surface area contributed by atoms with Crippen LogP contribution in [0.5, 0.6) is 0 Å². The van der Waals surface area contributed by atoms with E-state index in [0.29, 0.717) is 21.5 Å². The summed E-state index contributed by atoms with van der Waals surface area (Å²) in [4.78, 5) is 19.6. The molecule has 0 radical (unpaired) electrons. The van der Waals surface area contributed by atoms with Gasteiger partial charge in [0.1, 0.15) is 0 Å². The SMILES string of the molecule is CC1=C(N2CCC(CCNc3ccncc3)CC2)C(NC(=O)c2cccc(Cl)c2)=CC(Cl)=CCC1. The Balaban J connectivity index is 1.43. The Morgan fingerprint density at radius 1 is 1.14 bits per heavy atom. The normalized spacial score (nSPS) is 17.3. The smallest absolute Gasteiger partial charge is 0.255 e. The van der Waals surface area contributed by atoms with Gasteiger partial charge in [-0.2, -0.15) is 0 Å². The number of nitrogens with one attached hydrogen (secondary N) is 2. The first kappa shape index (κ1) is 25.3. The third-order valence-electron chi connectivity index (χ3n) is 6.63. The molecule has 2 aliphatic rings. The summed E-state index contributed by atoms with van der Waals surface area (Å²) in [6.07, 6.45) is 12.7. The van der Waals surface area contributed by atoms with Gasteiger partial charge in [-0.15, -0.1) is 0 Å². The molecular formula is C28H32Cl2N4O. The molecule has 35 heavy (non-hydrogen) atoms.